The summed E-state index contributed by atoms with van der Waals surface area (Å²) in [6.45, 7) is 17.6. The molecule has 0 saturated carbocycles. The fraction of sp³-hybridized carbons (Fsp3) is 0.861. The first kappa shape index (κ1) is 43.8. The van der Waals surface area contributed by atoms with E-state index in [1.54, 1.807) is 7.11 Å². The van der Waals surface area contributed by atoms with E-state index in [0.717, 1.165) is 51.4 Å². The molecule has 0 atom stereocenters. The van der Waals surface area contributed by atoms with Crippen molar-refractivity contribution in [3.05, 3.63) is 12.7 Å². The zero-order valence-corrected chi connectivity index (χ0v) is 30.4. The van der Waals surface area contributed by atoms with Gasteiger partial charge in [0.1, 0.15) is 6.61 Å². The standard InChI is InChI=1S/C36H70N4O6/c1-8-10-12-14-16-18-20-22-33(42)38-25-28-40(27-24-37-32(41)21-19-17-15-13-11-9-2)29-26-39-34(43)45-31-36(5,6)46-30-23-35(3,4)44-7/h8H,1,9-31H2,2-7H3,(H,37,41)(H,38,42)(H,39,43). The van der Waals surface area contributed by atoms with Gasteiger partial charge in [-0.05, 0) is 59.8 Å². The average Bonchev–Trinajstić information content (AvgIpc) is 3.01. The molecule has 0 aliphatic heterocycles. The van der Waals surface area contributed by atoms with Crippen molar-refractivity contribution in [1.82, 2.24) is 20.9 Å². The lowest BCUT2D eigenvalue weighted by molar-refractivity contribution is -0.121. The van der Waals surface area contributed by atoms with Gasteiger partial charge in [0, 0.05) is 59.2 Å². The van der Waals surface area contributed by atoms with Crippen molar-refractivity contribution < 1.29 is 28.6 Å². The molecular weight excluding hydrogens is 584 g/mol. The van der Waals surface area contributed by atoms with Crippen LogP contribution in [-0.2, 0) is 23.8 Å². The van der Waals surface area contributed by atoms with Crippen LogP contribution in [0.1, 0.15) is 131 Å². The first-order valence-electron chi connectivity index (χ1n) is 17.9. The van der Waals surface area contributed by atoms with Crippen LogP contribution in [-0.4, -0.2) is 93.6 Å². The molecule has 0 aliphatic carbocycles. The summed E-state index contributed by atoms with van der Waals surface area (Å²) in [5.41, 5.74) is -0.893. The molecule has 270 valence electrons. The second kappa shape index (κ2) is 27.9. The maximum Gasteiger partial charge on any atom is 0.407 e. The Hall–Kier alpha value is -2.17. The van der Waals surface area contributed by atoms with Crippen LogP contribution in [0.15, 0.2) is 12.7 Å². The molecule has 0 aromatic carbocycles. The van der Waals surface area contributed by atoms with E-state index in [4.69, 9.17) is 14.2 Å². The van der Waals surface area contributed by atoms with E-state index in [2.05, 4.69) is 34.4 Å². The highest BCUT2D eigenvalue weighted by Crippen LogP contribution is 2.17. The van der Waals surface area contributed by atoms with Crippen LogP contribution in [0.4, 0.5) is 4.79 Å². The summed E-state index contributed by atoms with van der Waals surface area (Å²) >= 11 is 0. The number of ether oxygens (including phenoxy) is 3. The lowest BCUT2D eigenvalue weighted by atomic mass is 10.1. The Morgan fingerprint density at radius 3 is 1.74 bits per heavy atom. The molecule has 0 radical (unpaired) electrons. The van der Waals surface area contributed by atoms with Crippen LogP contribution in [0.2, 0.25) is 0 Å². The Morgan fingerprint density at radius 1 is 0.717 bits per heavy atom. The van der Waals surface area contributed by atoms with Crippen LogP contribution in [0.5, 0.6) is 0 Å². The van der Waals surface area contributed by atoms with Gasteiger partial charge in [-0.25, -0.2) is 4.79 Å². The highest BCUT2D eigenvalue weighted by Gasteiger charge is 2.23. The van der Waals surface area contributed by atoms with Crippen LogP contribution >= 0.6 is 0 Å². The Morgan fingerprint density at radius 2 is 1.22 bits per heavy atom. The minimum Gasteiger partial charge on any atom is -0.447 e. The molecule has 0 heterocycles. The summed E-state index contributed by atoms with van der Waals surface area (Å²) in [7, 11) is 1.68. The molecular formula is C36H70N4O6. The largest absolute Gasteiger partial charge is 0.447 e. The van der Waals surface area contributed by atoms with Gasteiger partial charge in [-0.15, -0.1) is 6.58 Å². The summed E-state index contributed by atoms with van der Waals surface area (Å²) in [6, 6.07) is 0. The smallest absolute Gasteiger partial charge is 0.407 e. The second-order valence-corrected chi connectivity index (χ2v) is 13.5. The molecule has 0 spiro atoms. The molecule has 0 aliphatic rings. The highest BCUT2D eigenvalue weighted by molar-refractivity contribution is 5.76. The molecule has 0 saturated heterocycles. The van der Waals surface area contributed by atoms with Gasteiger partial charge < -0.3 is 30.2 Å². The third-order valence-corrected chi connectivity index (χ3v) is 8.07. The van der Waals surface area contributed by atoms with E-state index >= 15 is 0 Å². The monoisotopic (exact) mass is 655 g/mol. The number of alkyl carbamates (subject to hydrolysis) is 1. The van der Waals surface area contributed by atoms with Gasteiger partial charge in [0.2, 0.25) is 11.8 Å². The summed E-state index contributed by atoms with van der Waals surface area (Å²) in [5.74, 6) is 0.140. The number of nitrogens with one attached hydrogen (secondary N) is 3. The second-order valence-electron chi connectivity index (χ2n) is 13.5. The van der Waals surface area contributed by atoms with E-state index in [1.807, 2.05) is 33.8 Å². The Bertz CT molecular complexity index is 805. The molecule has 46 heavy (non-hydrogen) atoms. The molecule has 0 fully saturated rings. The molecule has 10 nitrogen and oxygen atoms in total. The summed E-state index contributed by atoms with van der Waals surface area (Å²) in [6.07, 6.45) is 16.7. The molecule has 10 heteroatoms. The SMILES string of the molecule is C=CCCCCCCCC(=O)NCCN(CCNC(=O)CCCCCCCC)CCNC(=O)OCC(C)(C)OCCC(C)(C)OC. The molecule has 0 unspecified atom stereocenters. The number of unbranched alkanes of at least 4 members (excludes halogenated alkanes) is 10. The number of hydrogen-bond acceptors (Lipinski definition) is 7. The fourth-order valence-electron chi connectivity index (χ4n) is 4.71. The molecule has 0 rings (SSSR count). The van der Waals surface area contributed by atoms with Crippen molar-refractivity contribution in [2.45, 2.75) is 142 Å². The first-order chi connectivity index (χ1) is 21.9. The summed E-state index contributed by atoms with van der Waals surface area (Å²) < 4.78 is 16.8. The van der Waals surface area contributed by atoms with Gasteiger partial charge in [0.15, 0.2) is 0 Å². The first-order valence-corrected chi connectivity index (χ1v) is 17.9. The lowest BCUT2D eigenvalue weighted by Gasteiger charge is -2.28. The minimum absolute atomic E-state index is 0.0654. The summed E-state index contributed by atoms with van der Waals surface area (Å²) in [4.78, 5) is 39.2. The van der Waals surface area contributed by atoms with Crippen molar-refractivity contribution >= 4 is 17.9 Å². The van der Waals surface area contributed by atoms with Crippen molar-refractivity contribution in [2.75, 3.05) is 59.6 Å². The number of rotatable bonds is 31. The number of carbonyl (C=O) groups excluding carboxylic acids is 3. The quantitative estimate of drug-likeness (QED) is 0.0575. The average molecular weight is 655 g/mol. The predicted octanol–water partition coefficient (Wildman–Crippen LogP) is 6.52. The predicted molar refractivity (Wildman–Crippen MR) is 188 cm³/mol. The van der Waals surface area contributed by atoms with Gasteiger partial charge in [-0.1, -0.05) is 64.4 Å². The molecule has 3 amide bonds. The molecule has 0 aromatic rings. The zero-order valence-electron chi connectivity index (χ0n) is 30.4. The van der Waals surface area contributed by atoms with E-state index in [-0.39, 0.29) is 24.0 Å². The van der Waals surface area contributed by atoms with E-state index in [0.29, 0.717) is 58.7 Å². The van der Waals surface area contributed by atoms with Crippen molar-refractivity contribution in [2.24, 2.45) is 0 Å². The maximum absolute atomic E-state index is 12.4. The lowest BCUT2D eigenvalue weighted by Crippen LogP contribution is -2.43. The number of methoxy groups -OCH3 is 1. The number of amides is 3. The van der Waals surface area contributed by atoms with Gasteiger partial charge in [0.25, 0.3) is 0 Å². The maximum atomic E-state index is 12.4. The van der Waals surface area contributed by atoms with Crippen LogP contribution in [0.25, 0.3) is 0 Å². The van der Waals surface area contributed by atoms with E-state index in [1.165, 1.54) is 32.1 Å². The van der Waals surface area contributed by atoms with Gasteiger partial charge in [-0.2, -0.15) is 0 Å². The summed E-state index contributed by atoms with van der Waals surface area (Å²) in [5, 5.41) is 8.86. The third kappa shape index (κ3) is 28.1. The molecule has 0 bridgehead atoms. The van der Waals surface area contributed by atoms with Crippen molar-refractivity contribution in [1.29, 1.82) is 0 Å². The highest BCUT2D eigenvalue weighted by atomic mass is 16.6. The number of nitrogens with zero attached hydrogens (tertiary/aromatic N) is 1. The number of allylic oxidation sites excluding steroid dienone is 1. The molecule has 0 aromatic heterocycles. The van der Waals surface area contributed by atoms with Crippen LogP contribution < -0.4 is 16.0 Å². The topological polar surface area (TPSA) is 118 Å². The van der Waals surface area contributed by atoms with Gasteiger partial charge in [-0.3, -0.25) is 14.5 Å². The third-order valence-electron chi connectivity index (χ3n) is 8.07. The number of carbonyl (C=O) groups is 3. The Balaban J connectivity index is 4.55. The Kier molecular flexibility index (Phi) is 26.6. The van der Waals surface area contributed by atoms with Crippen LogP contribution in [0.3, 0.4) is 0 Å². The van der Waals surface area contributed by atoms with Crippen molar-refractivity contribution in [3.63, 3.8) is 0 Å². The fourth-order valence-corrected chi connectivity index (χ4v) is 4.71. The number of hydrogen-bond donors (Lipinski definition) is 3. The van der Waals surface area contributed by atoms with Gasteiger partial charge >= 0.3 is 6.09 Å². The van der Waals surface area contributed by atoms with Crippen LogP contribution in [0, 0.1) is 0 Å². The minimum atomic E-state index is -0.620. The van der Waals surface area contributed by atoms with Gasteiger partial charge in [0.05, 0.1) is 17.8 Å². The molecule has 3 N–H and O–H groups in total. The van der Waals surface area contributed by atoms with E-state index in [9.17, 15) is 14.4 Å². The zero-order chi connectivity index (χ0) is 34.5. The van der Waals surface area contributed by atoms with Crippen molar-refractivity contribution in [3.8, 4) is 0 Å². The van der Waals surface area contributed by atoms with E-state index < -0.39 is 11.7 Å². The normalized spacial score (nSPS) is 11.8. The Labute approximate surface area is 281 Å².